The number of carbonyl (C=O) groups is 2. The van der Waals surface area contributed by atoms with Gasteiger partial charge in [-0.3, -0.25) is 14.5 Å². The van der Waals surface area contributed by atoms with Crippen LogP contribution in [0.1, 0.15) is 37.9 Å². The van der Waals surface area contributed by atoms with Crippen LogP contribution in [0.5, 0.6) is 0 Å². The van der Waals surface area contributed by atoms with Crippen molar-refractivity contribution in [2.45, 2.75) is 29.7 Å². The van der Waals surface area contributed by atoms with Gasteiger partial charge in [-0.15, -0.1) is 23.1 Å². The first kappa shape index (κ1) is 31.1. The maximum absolute atomic E-state index is 14.0. The lowest BCUT2D eigenvalue weighted by Crippen LogP contribution is -2.29. The van der Waals surface area contributed by atoms with Gasteiger partial charge in [-0.25, -0.2) is 0 Å². The molecule has 6 rings (SSSR count). The number of nitrogens with zero attached hydrogens (tertiary/aromatic N) is 2. The molecule has 228 valence electrons. The third-order valence-electron chi connectivity index (χ3n) is 7.66. The van der Waals surface area contributed by atoms with Crippen molar-refractivity contribution in [3.63, 3.8) is 0 Å². The molecule has 1 atom stereocenters. The molecule has 0 spiro atoms. The summed E-state index contributed by atoms with van der Waals surface area (Å²) in [6, 6.07) is 39.5. The number of hydrogen-bond acceptors (Lipinski definition) is 6. The van der Waals surface area contributed by atoms with Crippen molar-refractivity contribution in [2.75, 3.05) is 17.2 Å². The molecule has 6 nitrogen and oxygen atoms in total. The summed E-state index contributed by atoms with van der Waals surface area (Å²) in [5, 5.41) is 16.2. The predicted octanol–water partition coefficient (Wildman–Crippen LogP) is 8.30. The number of thiophene rings is 1. The van der Waals surface area contributed by atoms with Crippen LogP contribution in [0.15, 0.2) is 126 Å². The van der Waals surface area contributed by atoms with Crippen LogP contribution in [0.25, 0.3) is 6.08 Å². The van der Waals surface area contributed by atoms with Gasteiger partial charge in [0.2, 0.25) is 11.8 Å². The average molecular weight is 641 g/mol. The Bertz CT molecular complexity index is 1880. The van der Waals surface area contributed by atoms with E-state index in [9.17, 15) is 14.9 Å². The second-order valence-electron chi connectivity index (χ2n) is 10.9. The number of fused-ring (bicyclic) bond motifs is 1. The van der Waals surface area contributed by atoms with Crippen LogP contribution in [-0.4, -0.2) is 23.3 Å². The maximum atomic E-state index is 14.0. The second kappa shape index (κ2) is 14.9. The van der Waals surface area contributed by atoms with E-state index >= 15 is 0 Å². The molecule has 0 saturated heterocycles. The zero-order valence-electron chi connectivity index (χ0n) is 25.1. The molecule has 0 bridgehead atoms. The molecule has 4 aromatic carbocycles. The lowest BCUT2D eigenvalue weighted by atomic mass is 10.0. The van der Waals surface area contributed by atoms with Crippen LogP contribution < -0.4 is 10.6 Å². The summed E-state index contributed by atoms with van der Waals surface area (Å²) in [5.41, 5.74) is 5.29. The van der Waals surface area contributed by atoms with E-state index in [2.05, 4.69) is 45.9 Å². The van der Waals surface area contributed by atoms with Crippen molar-refractivity contribution in [1.82, 2.24) is 4.90 Å². The summed E-state index contributed by atoms with van der Waals surface area (Å²) in [6.45, 7) is 2.45. The van der Waals surface area contributed by atoms with E-state index in [4.69, 9.17) is 0 Å². The highest BCUT2D eigenvalue weighted by Gasteiger charge is 2.28. The molecule has 2 N–H and O–H groups in total. The third kappa shape index (κ3) is 7.82. The minimum atomic E-state index is -0.578. The molecule has 1 aliphatic heterocycles. The Kier molecular flexibility index (Phi) is 10.1. The van der Waals surface area contributed by atoms with Crippen molar-refractivity contribution in [1.29, 1.82) is 5.26 Å². The van der Waals surface area contributed by atoms with Gasteiger partial charge in [0.25, 0.3) is 0 Å². The summed E-state index contributed by atoms with van der Waals surface area (Å²) in [4.78, 5) is 30.9. The first-order valence-electron chi connectivity index (χ1n) is 15.0. The highest BCUT2D eigenvalue weighted by molar-refractivity contribution is 8.00. The van der Waals surface area contributed by atoms with Crippen molar-refractivity contribution in [3.8, 4) is 6.07 Å². The Morgan fingerprint density at radius 1 is 0.913 bits per heavy atom. The number of anilines is 2. The first-order chi connectivity index (χ1) is 22.6. The number of rotatable bonds is 10. The van der Waals surface area contributed by atoms with Crippen LogP contribution in [0.4, 0.5) is 10.7 Å². The highest BCUT2D eigenvalue weighted by Crippen LogP contribution is 2.41. The molecule has 0 radical (unpaired) electrons. The van der Waals surface area contributed by atoms with E-state index in [1.54, 1.807) is 6.08 Å². The van der Waals surface area contributed by atoms with Gasteiger partial charge in [-0.2, -0.15) is 5.26 Å². The van der Waals surface area contributed by atoms with E-state index in [1.807, 2.05) is 91.0 Å². The van der Waals surface area contributed by atoms with Gasteiger partial charge in [-0.05, 0) is 52.9 Å². The highest BCUT2D eigenvalue weighted by atomic mass is 32.2. The standard InChI is InChI=1S/C38H32N4O2S2/c39-24-33-32-21-22-42(25-28-13-6-2-7-14-28)26-34(32)46-38(33)41-37(44)36(29-15-8-3-9-16-29)45-31-18-10-17-30(23-31)40-35(43)20-19-27-11-4-1-5-12-27/h1-20,23,36H,21-22,25-26H2,(H,40,43)(H,41,44)/b20-19+. The monoisotopic (exact) mass is 640 g/mol. The van der Waals surface area contributed by atoms with Gasteiger partial charge in [0.1, 0.15) is 16.3 Å². The van der Waals surface area contributed by atoms with Gasteiger partial charge in [0, 0.05) is 41.2 Å². The van der Waals surface area contributed by atoms with Gasteiger partial charge in [-0.1, -0.05) is 97.1 Å². The molecule has 46 heavy (non-hydrogen) atoms. The number of amides is 2. The fourth-order valence-electron chi connectivity index (χ4n) is 5.42. The normalized spacial score (nSPS) is 13.5. The Hall–Kier alpha value is -4.94. The molecule has 2 amide bonds. The summed E-state index contributed by atoms with van der Waals surface area (Å²) < 4.78 is 0. The van der Waals surface area contributed by atoms with Crippen molar-refractivity contribution >= 4 is 51.7 Å². The number of hydrogen-bond donors (Lipinski definition) is 2. The summed E-state index contributed by atoms with van der Waals surface area (Å²) in [5.74, 6) is -0.441. The number of carbonyl (C=O) groups excluding carboxylic acids is 2. The van der Waals surface area contributed by atoms with E-state index in [-0.39, 0.29) is 11.8 Å². The fourth-order valence-corrected chi connectivity index (χ4v) is 7.75. The molecule has 0 aliphatic carbocycles. The lowest BCUT2D eigenvalue weighted by Gasteiger charge is -2.26. The summed E-state index contributed by atoms with van der Waals surface area (Å²) in [7, 11) is 0. The van der Waals surface area contributed by atoms with Crippen LogP contribution >= 0.6 is 23.1 Å². The van der Waals surface area contributed by atoms with Gasteiger partial charge in [0.15, 0.2) is 0 Å². The Morgan fingerprint density at radius 2 is 1.63 bits per heavy atom. The number of nitriles is 1. The van der Waals surface area contributed by atoms with Gasteiger partial charge < -0.3 is 10.6 Å². The van der Waals surface area contributed by atoms with E-state index in [1.165, 1.54) is 34.7 Å². The topological polar surface area (TPSA) is 85.2 Å². The SMILES string of the molecule is N#Cc1c(NC(=O)C(Sc2cccc(NC(=O)/C=C/c3ccccc3)c2)c2ccccc2)sc2c1CCN(Cc1ccccc1)C2. The Balaban J connectivity index is 1.18. The van der Waals surface area contributed by atoms with Gasteiger partial charge >= 0.3 is 0 Å². The first-order valence-corrected chi connectivity index (χ1v) is 16.7. The largest absolute Gasteiger partial charge is 0.322 e. The smallest absolute Gasteiger partial charge is 0.248 e. The Morgan fingerprint density at radius 3 is 2.37 bits per heavy atom. The molecule has 8 heteroatoms. The predicted molar refractivity (Wildman–Crippen MR) is 188 cm³/mol. The van der Waals surface area contributed by atoms with Crippen LogP contribution in [0, 0.1) is 11.3 Å². The zero-order chi connectivity index (χ0) is 31.7. The number of nitrogens with one attached hydrogen (secondary N) is 2. The van der Waals surface area contributed by atoms with Crippen LogP contribution in [-0.2, 0) is 29.1 Å². The number of benzene rings is 4. The molecule has 0 fully saturated rings. The molecule has 0 saturated carbocycles. The molecular weight excluding hydrogens is 609 g/mol. The molecule has 1 aromatic heterocycles. The van der Waals surface area contributed by atoms with E-state index < -0.39 is 5.25 Å². The fraction of sp³-hybridized carbons (Fsp3) is 0.132. The molecule has 2 heterocycles. The molecule has 5 aromatic rings. The van der Waals surface area contributed by atoms with E-state index in [0.29, 0.717) is 16.3 Å². The van der Waals surface area contributed by atoms with Crippen LogP contribution in [0.2, 0.25) is 0 Å². The average Bonchev–Trinajstić information content (AvgIpc) is 3.43. The zero-order valence-corrected chi connectivity index (χ0v) is 26.7. The summed E-state index contributed by atoms with van der Waals surface area (Å²) >= 11 is 2.90. The maximum Gasteiger partial charge on any atom is 0.248 e. The van der Waals surface area contributed by atoms with Gasteiger partial charge in [0.05, 0.1) is 5.56 Å². The molecule has 1 unspecified atom stereocenters. The van der Waals surface area contributed by atoms with E-state index in [0.717, 1.165) is 52.5 Å². The molecule has 1 aliphatic rings. The third-order valence-corrected chi connectivity index (χ3v) is 10.0. The van der Waals surface area contributed by atoms with Crippen molar-refractivity contribution in [2.24, 2.45) is 0 Å². The quantitative estimate of drug-likeness (QED) is 0.119. The minimum absolute atomic E-state index is 0.201. The minimum Gasteiger partial charge on any atom is -0.322 e. The number of thioether (sulfide) groups is 1. The molecular formula is C38H32N4O2S2. The van der Waals surface area contributed by atoms with Crippen molar-refractivity contribution < 1.29 is 9.59 Å². The van der Waals surface area contributed by atoms with Crippen LogP contribution in [0.3, 0.4) is 0 Å². The van der Waals surface area contributed by atoms with Crippen molar-refractivity contribution in [3.05, 3.63) is 154 Å². The second-order valence-corrected chi connectivity index (χ2v) is 13.2. The lowest BCUT2D eigenvalue weighted by molar-refractivity contribution is -0.116. The Labute approximate surface area is 277 Å². The summed E-state index contributed by atoms with van der Waals surface area (Å²) in [6.07, 6.45) is 4.04.